The van der Waals surface area contributed by atoms with Gasteiger partial charge in [-0.3, -0.25) is 4.79 Å². The molecule has 0 spiro atoms. The van der Waals surface area contributed by atoms with Gasteiger partial charge in [0.1, 0.15) is 5.82 Å². The predicted molar refractivity (Wildman–Crippen MR) is 82.4 cm³/mol. The molecule has 0 aromatic heterocycles. The van der Waals surface area contributed by atoms with E-state index < -0.39 is 0 Å². The summed E-state index contributed by atoms with van der Waals surface area (Å²) < 4.78 is 13.4. The molecule has 3 heteroatoms. The van der Waals surface area contributed by atoms with Crippen LogP contribution < -0.4 is 4.90 Å². The van der Waals surface area contributed by atoms with E-state index in [0.29, 0.717) is 12.1 Å². The van der Waals surface area contributed by atoms with E-state index in [2.05, 4.69) is 20.8 Å². The summed E-state index contributed by atoms with van der Waals surface area (Å²) in [6.45, 7) is 12.6. The summed E-state index contributed by atoms with van der Waals surface area (Å²) in [5.41, 5.74) is 1.27. The van der Waals surface area contributed by atoms with E-state index in [0.717, 1.165) is 12.1 Å². The first kappa shape index (κ1) is 16.7. The van der Waals surface area contributed by atoms with Gasteiger partial charge in [0.2, 0.25) is 5.91 Å². The van der Waals surface area contributed by atoms with Crippen molar-refractivity contribution in [2.45, 2.75) is 48.0 Å². The highest BCUT2D eigenvalue weighted by molar-refractivity contribution is 5.95. The number of hydrogen-bond donors (Lipinski definition) is 0. The van der Waals surface area contributed by atoms with Crippen LogP contribution in [-0.2, 0) is 4.79 Å². The van der Waals surface area contributed by atoms with E-state index >= 15 is 0 Å². The highest BCUT2D eigenvalue weighted by Crippen LogP contribution is 2.29. The quantitative estimate of drug-likeness (QED) is 0.791. The Bertz CT molecular complexity index is 476. The number of benzene rings is 1. The van der Waals surface area contributed by atoms with Gasteiger partial charge in [-0.15, -0.1) is 0 Å². The van der Waals surface area contributed by atoms with Gasteiger partial charge in [-0.25, -0.2) is 4.39 Å². The van der Waals surface area contributed by atoms with Gasteiger partial charge in [0.25, 0.3) is 0 Å². The van der Waals surface area contributed by atoms with Crippen LogP contribution in [0.2, 0.25) is 0 Å². The summed E-state index contributed by atoms with van der Waals surface area (Å²) in [6.07, 6.45) is 0.874. The maximum absolute atomic E-state index is 13.4. The van der Waals surface area contributed by atoms with Gasteiger partial charge in [0.05, 0.1) is 0 Å². The molecule has 0 N–H and O–H groups in total. The molecular formula is C17H26FNO. The van der Waals surface area contributed by atoms with E-state index in [1.807, 2.05) is 13.8 Å². The molecule has 2 nitrogen and oxygen atoms in total. The second kappa shape index (κ2) is 6.38. The Morgan fingerprint density at radius 2 is 1.95 bits per heavy atom. The zero-order valence-electron chi connectivity index (χ0n) is 13.5. The molecule has 0 saturated heterocycles. The summed E-state index contributed by atoms with van der Waals surface area (Å²) in [6, 6.07) is 4.87. The molecule has 0 aliphatic heterocycles. The largest absolute Gasteiger partial charge is 0.312 e. The second-order valence-corrected chi connectivity index (χ2v) is 6.51. The Labute approximate surface area is 122 Å². The highest BCUT2D eigenvalue weighted by atomic mass is 19.1. The molecule has 1 rings (SSSR count). The molecule has 112 valence electrons. The Morgan fingerprint density at radius 3 is 2.40 bits per heavy atom. The van der Waals surface area contributed by atoms with Crippen LogP contribution >= 0.6 is 0 Å². The number of hydrogen-bond acceptors (Lipinski definition) is 1. The van der Waals surface area contributed by atoms with Gasteiger partial charge >= 0.3 is 0 Å². The maximum atomic E-state index is 13.4. The third-order valence-corrected chi connectivity index (χ3v) is 3.84. The van der Waals surface area contributed by atoms with Crippen LogP contribution in [0.1, 0.15) is 46.6 Å². The van der Waals surface area contributed by atoms with Crippen molar-refractivity contribution in [3.05, 3.63) is 29.6 Å². The van der Waals surface area contributed by atoms with Crippen LogP contribution in [-0.4, -0.2) is 12.5 Å². The van der Waals surface area contributed by atoms with Crippen molar-refractivity contribution in [2.75, 3.05) is 11.4 Å². The first-order valence-electron chi connectivity index (χ1n) is 7.26. The lowest BCUT2D eigenvalue weighted by atomic mass is 9.81. The van der Waals surface area contributed by atoms with Gasteiger partial charge in [0.15, 0.2) is 0 Å². The fraction of sp³-hybridized carbons (Fsp3) is 0.588. The van der Waals surface area contributed by atoms with Crippen molar-refractivity contribution >= 4 is 11.6 Å². The smallest absolute Gasteiger partial charge is 0.230 e. The first-order chi connectivity index (χ1) is 9.18. The summed E-state index contributed by atoms with van der Waals surface area (Å²) >= 11 is 0. The minimum atomic E-state index is -0.235. The lowest BCUT2D eigenvalue weighted by Gasteiger charge is -2.32. The molecule has 0 fully saturated rings. The van der Waals surface area contributed by atoms with Gasteiger partial charge in [-0.1, -0.05) is 34.6 Å². The van der Waals surface area contributed by atoms with Crippen molar-refractivity contribution < 1.29 is 9.18 Å². The van der Waals surface area contributed by atoms with Gasteiger partial charge in [-0.2, -0.15) is 0 Å². The van der Waals surface area contributed by atoms with E-state index in [1.54, 1.807) is 24.0 Å². The van der Waals surface area contributed by atoms with Crippen LogP contribution in [0.4, 0.5) is 10.1 Å². The SMILES string of the molecule is CCCN(C(=O)C(C)C(C)(C)C)c1ccc(F)c(C)c1. The Hall–Kier alpha value is -1.38. The fourth-order valence-corrected chi connectivity index (χ4v) is 1.99. The first-order valence-corrected chi connectivity index (χ1v) is 7.26. The summed E-state index contributed by atoms with van der Waals surface area (Å²) in [4.78, 5) is 14.5. The Morgan fingerprint density at radius 1 is 1.35 bits per heavy atom. The molecule has 1 aromatic rings. The standard InChI is InChI=1S/C17H26FNO/c1-7-10-19(16(20)13(3)17(4,5)6)14-8-9-15(18)12(2)11-14/h8-9,11,13H,7,10H2,1-6H3. The average Bonchev–Trinajstić information content (AvgIpc) is 2.36. The van der Waals surface area contributed by atoms with E-state index in [-0.39, 0.29) is 23.1 Å². The van der Waals surface area contributed by atoms with Crippen LogP contribution in [0.25, 0.3) is 0 Å². The minimum Gasteiger partial charge on any atom is -0.312 e. The van der Waals surface area contributed by atoms with Crippen LogP contribution in [0, 0.1) is 24.1 Å². The maximum Gasteiger partial charge on any atom is 0.230 e. The summed E-state index contributed by atoms with van der Waals surface area (Å²) in [5, 5.41) is 0. The zero-order valence-corrected chi connectivity index (χ0v) is 13.5. The number of halogens is 1. The number of anilines is 1. The molecule has 0 aliphatic carbocycles. The Balaban J connectivity index is 3.10. The van der Waals surface area contributed by atoms with Crippen molar-refractivity contribution in [1.82, 2.24) is 0 Å². The normalized spacial score (nSPS) is 13.2. The number of amides is 1. The van der Waals surface area contributed by atoms with E-state index in [9.17, 15) is 9.18 Å². The Kier molecular flexibility index (Phi) is 5.32. The van der Waals surface area contributed by atoms with Gasteiger partial charge in [0, 0.05) is 18.2 Å². The fourth-order valence-electron chi connectivity index (χ4n) is 1.99. The number of nitrogens with zero attached hydrogens (tertiary/aromatic N) is 1. The molecule has 0 aliphatic rings. The van der Waals surface area contributed by atoms with Crippen LogP contribution in [0.3, 0.4) is 0 Å². The monoisotopic (exact) mass is 279 g/mol. The van der Waals surface area contributed by atoms with Gasteiger partial charge in [-0.05, 0) is 42.5 Å². The van der Waals surface area contributed by atoms with Crippen molar-refractivity contribution in [1.29, 1.82) is 0 Å². The average molecular weight is 279 g/mol. The highest BCUT2D eigenvalue weighted by Gasteiger charge is 2.30. The molecule has 0 heterocycles. The third kappa shape index (κ3) is 3.81. The summed E-state index contributed by atoms with van der Waals surface area (Å²) in [5.74, 6) is -0.216. The molecule has 20 heavy (non-hydrogen) atoms. The van der Waals surface area contributed by atoms with E-state index in [4.69, 9.17) is 0 Å². The molecular weight excluding hydrogens is 253 g/mol. The lowest BCUT2D eigenvalue weighted by Crippen LogP contribution is -2.40. The number of carbonyl (C=O) groups excluding carboxylic acids is 1. The second-order valence-electron chi connectivity index (χ2n) is 6.51. The number of carbonyl (C=O) groups is 1. The van der Waals surface area contributed by atoms with Crippen LogP contribution in [0.15, 0.2) is 18.2 Å². The topological polar surface area (TPSA) is 20.3 Å². The molecule has 1 amide bonds. The molecule has 1 aromatic carbocycles. The molecule has 1 atom stereocenters. The van der Waals surface area contributed by atoms with Crippen molar-refractivity contribution in [2.24, 2.45) is 11.3 Å². The van der Waals surface area contributed by atoms with E-state index in [1.165, 1.54) is 6.07 Å². The van der Waals surface area contributed by atoms with Gasteiger partial charge < -0.3 is 4.90 Å². The third-order valence-electron chi connectivity index (χ3n) is 3.84. The molecule has 0 saturated carbocycles. The predicted octanol–water partition coefficient (Wildman–Crippen LogP) is 4.56. The molecule has 0 radical (unpaired) electrons. The van der Waals surface area contributed by atoms with Crippen molar-refractivity contribution in [3.63, 3.8) is 0 Å². The summed E-state index contributed by atoms with van der Waals surface area (Å²) in [7, 11) is 0. The number of rotatable bonds is 4. The van der Waals surface area contributed by atoms with Crippen molar-refractivity contribution in [3.8, 4) is 0 Å². The zero-order chi connectivity index (χ0) is 15.5. The number of aryl methyl sites for hydroxylation is 1. The molecule has 1 unspecified atom stereocenters. The minimum absolute atomic E-state index is 0.0839. The van der Waals surface area contributed by atoms with Crippen LogP contribution in [0.5, 0.6) is 0 Å². The molecule has 0 bridgehead atoms. The lowest BCUT2D eigenvalue weighted by molar-refractivity contribution is -0.124.